The minimum atomic E-state index is 0.240. The molecule has 4 heteroatoms. The molecular formula is C12H15N3O. The van der Waals surface area contributed by atoms with Crippen LogP contribution in [0.1, 0.15) is 31.4 Å². The number of aromatic nitrogens is 1. The zero-order valence-corrected chi connectivity index (χ0v) is 9.15. The molecular weight excluding hydrogens is 202 g/mol. The normalized spacial score (nSPS) is 15.9. The van der Waals surface area contributed by atoms with E-state index in [9.17, 15) is 0 Å². The summed E-state index contributed by atoms with van der Waals surface area (Å²) in [5.41, 5.74) is 6.22. The van der Waals surface area contributed by atoms with Gasteiger partial charge in [0, 0.05) is 6.07 Å². The molecule has 0 radical (unpaired) electrons. The second kappa shape index (κ2) is 4.84. The lowest BCUT2D eigenvalue weighted by Gasteiger charge is -2.10. The van der Waals surface area contributed by atoms with Crippen molar-refractivity contribution < 1.29 is 4.74 Å². The molecule has 0 amide bonds. The first-order chi connectivity index (χ1) is 7.79. The van der Waals surface area contributed by atoms with Crippen molar-refractivity contribution in [3.8, 4) is 11.9 Å². The van der Waals surface area contributed by atoms with E-state index in [1.165, 1.54) is 25.7 Å². The van der Waals surface area contributed by atoms with E-state index in [-0.39, 0.29) is 5.69 Å². The summed E-state index contributed by atoms with van der Waals surface area (Å²) in [6, 6.07) is 5.32. The second-order valence-corrected chi connectivity index (χ2v) is 4.16. The summed E-state index contributed by atoms with van der Waals surface area (Å²) in [7, 11) is 0. The zero-order chi connectivity index (χ0) is 11.4. The van der Waals surface area contributed by atoms with Crippen LogP contribution in [0.25, 0.3) is 0 Å². The Labute approximate surface area is 95.0 Å². The highest BCUT2D eigenvalue weighted by atomic mass is 16.5. The van der Waals surface area contributed by atoms with Crippen LogP contribution in [-0.2, 0) is 0 Å². The van der Waals surface area contributed by atoms with Crippen LogP contribution in [0.15, 0.2) is 12.1 Å². The van der Waals surface area contributed by atoms with Crippen molar-refractivity contribution in [2.24, 2.45) is 5.92 Å². The molecule has 16 heavy (non-hydrogen) atoms. The lowest BCUT2D eigenvalue weighted by Crippen LogP contribution is -2.09. The van der Waals surface area contributed by atoms with Crippen LogP contribution >= 0.6 is 0 Å². The molecule has 0 spiro atoms. The van der Waals surface area contributed by atoms with E-state index in [4.69, 9.17) is 15.7 Å². The number of nitrogen functional groups attached to an aromatic ring is 1. The van der Waals surface area contributed by atoms with Gasteiger partial charge in [-0.2, -0.15) is 5.26 Å². The topological polar surface area (TPSA) is 71.9 Å². The quantitative estimate of drug-likeness (QED) is 0.841. The third-order valence-corrected chi connectivity index (χ3v) is 2.95. The number of ether oxygens (including phenoxy) is 1. The highest BCUT2D eigenvalue weighted by Gasteiger charge is 2.15. The third-order valence-electron chi connectivity index (χ3n) is 2.95. The number of anilines is 1. The molecule has 1 aliphatic rings. The Morgan fingerprint density at radius 3 is 2.88 bits per heavy atom. The third kappa shape index (κ3) is 2.43. The van der Waals surface area contributed by atoms with Crippen LogP contribution < -0.4 is 10.5 Å². The van der Waals surface area contributed by atoms with Crippen LogP contribution in [0, 0.1) is 17.2 Å². The molecule has 0 bridgehead atoms. The SMILES string of the molecule is N#Cc1nc(OCC2CCCC2)ccc1N. The number of nitrogens with two attached hydrogens (primary N) is 1. The largest absolute Gasteiger partial charge is 0.477 e. The molecule has 1 heterocycles. The summed E-state index contributed by atoms with van der Waals surface area (Å²) in [4.78, 5) is 4.04. The molecule has 1 aliphatic carbocycles. The van der Waals surface area contributed by atoms with E-state index >= 15 is 0 Å². The van der Waals surface area contributed by atoms with Crippen LogP contribution in [0.2, 0.25) is 0 Å². The Bertz CT molecular complexity index is 405. The molecule has 0 aliphatic heterocycles. The maximum absolute atomic E-state index is 8.77. The van der Waals surface area contributed by atoms with Gasteiger partial charge in [0.2, 0.25) is 5.88 Å². The van der Waals surface area contributed by atoms with Gasteiger partial charge in [-0.05, 0) is 24.8 Å². The molecule has 0 saturated heterocycles. The van der Waals surface area contributed by atoms with Gasteiger partial charge in [-0.3, -0.25) is 0 Å². The Balaban J connectivity index is 1.96. The summed E-state index contributed by atoms with van der Waals surface area (Å²) in [6.07, 6.45) is 5.07. The van der Waals surface area contributed by atoms with Gasteiger partial charge in [-0.15, -0.1) is 0 Å². The molecule has 0 atom stereocenters. The first-order valence-corrected chi connectivity index (χ1v) is 5.59. The van der Waals surface area contributed by atoms with Crippen LogP contribution in [-0.4, -0.2) is 11.6 Å². The number of nitrogens with zero attached hydrogens (tertiary/aromatic N) is 2. The van der Waals surface area contributed by atoms with Crippen LogP contribution in [0.4, 0.5) is 5.69 Å². The van der Waals surface area contributed by atoms with Gasteiger partial charge in [-0.25, -0.2) is 4.98 Å². The highest BCUT2D eigenvalue weighted by molar-refractivity contribution is 5.50. The fraction of sp³-hybridized carbons (Fsp3) is 0.500. The predicted molar refractivity (Wildman–Crippen MR) is 60.8 cm³/mol. The van der Waals surface area contributed by atoms with Crippen molar-refractivity contribution in [1.82, 2.24) is 4.98 Å². The monoisotopic (exact) mass is 217 g/mol. The standard InChI is InChI=1S/C12H15N3O/c13-7-11-10(14)5-6-12(15-11)16-8-9-3-1-2-4-9/h5-6,9H,1-4,8,14H2. The van der Waals surface area contributed by atoms with Gasteiger partial charge < -0.3 is 10.5 Å². The average Bonchev–Trinajstić information content (AvgIpc) is 2.81. The lowest BCUT2D eigenvalue weighted by atomic mass is 10.1. The van der Waals surface area contributed by atoms with E-state index in [0.717, 1.165) is 0 Å². The van der Waals surface area contributed by atoms with Crippen molar-refractivity contribution in [2.45, 2.75) is 25.7 Å². The number of hydrogen-bond donors (Lipinski definition) is 1. The molecule has 1 fully saturated rings. The maximum atomic E-state index is 8.77. The van der Waals surface area contributed by atoms with Gasteiger partial charge >= 0.3 is 0 Å². The first kappa shape index (κ1) is 10.7. The molecule has 1 aromatic heterocycles. The fourth-order valence-corrected chi connectivity index (χ4v) is 2.00. The van der Waals surface area contributed by atoms with Crippen molar-refractivity contribution in [3.05, 3.63) is 17.8 Å². The molecule has 0 unspecified atom stereocenters. The molecule has 1 saturated carbocycles. The first-order valence-electron chi connectivity index (χ1n) is 5.59. The zero-order valence-electron chi connectivity index (χ0n) is 9.15. The van der Waals surface area contributed by atoms with Crippen molar-refractivity contribution in [1.29, 1.82) is 5.26 Å². The Morgan fingerprint density at radius 1 is 1.44 bits per heavy atom. The number of pyridine rings is 1. The van der Waals surface area contributed by atoms with Gasteiger partial charge in [0.05, 0.1) is 12.3 Å². The summed E-state index contributed by atoms with van der Waals surface area (Å²) in [6.45, 7) is 0.696. The Kier molecular flexibility index (Phi) is 3.25. The predicted octanol–water partition coefficient (Wildman–Crippen LogP) is 2.10. The minimum Gasteiger partial charge on any atom is -0.477 e. The summed E-state index contributed by atoms with van der Waals surface area (Å²) < 4.78 is 5.57. The highest BCUT2D eigenvalue weighted by Crippen LogP contribution is 2.25. The van der Waals surface area contributed by atoms with E-state index < -0.39 is 0 Å². The second-order valence-electron chi connectivity index (χ2n) is 4.16. The molecule has 2 N–H and O–H groups in total. The van der Waals surface area contributed by atoms with Crippen molar-refractivity contribution in [2.75, 3.05) is 12.3 Å². The van der Waals surface area contributed by atoms with Crippen LogP contribution in [0.3, 0.4) is 0 Å². The molecule has 84 valence electrons. The van der Waals surface area contributed by atoms with Gasteiger partial charge in [0.15, 0.2) is 5.69 Å². The van der Waals surface area contributed by atoms with E-state index in [1.54, 1.807) is 12.1 Å². The minimum absolute atomic E-state index is 0.240. The molecule has 4 nitrogen and oxygen atoms in total. The van der Waals surface area contributed by atoms with E-state index in [1.807, 2.05) is 6.07 Å². The van der Waals surface area contributed by atoms with E-state index in [0.29, 0.717) is 24.1 Å². The van der Waals surface area contributed by atoms with Crippen molar-refractivity contribution in [3.63, 3.8) is 0 Å². The summed E-state index contributed by atoms with van der Waals surface area (Å²) in [5, 5.41) is 8.77. The smallest absolute Gasteiger partial charge is 0.214 e. The molecule has 1 aromatic rings. The Hall–Kier alpha value is -1.76. The summed E-state index contributed by atoms with van der Waals surface area (Å²) >= 11 is 0. The fourth-order valence-electron chi connectivity index (χ4n) is 2.00. The molecule has 0 aromatic carbocycles. The van der Waals surface area contributed by atoms with Gasteiger partial charge in [-0.1, -0.05) is 12.8 Å². The van der Waals surface area contributed by atoms with Gasteiger partial charge in [0.25, 0.3) is 0 Å². The summed E-state index contributed by atoms with van der Waals surface area (Å²) in [5.74, 6) is 1.14. The van der Waals surface area contributed by atoms with Crippen LogP contribution in [0.5, 0.6) is 5.88 Å². The average molecular weight is 217 g/mol. The number of nitriles is 1. The van der Waals surface area contributed by atoms with Gasteiger partial charge in [0.1, 0.15) is 6.07 Å². The molecule has 2 rings (SSSR count). The number of rotatable bonds is 3. The Morgan fingerprint density at radius 2 is 2.19 bits per heavy atom. The van der Waals surface area contributed by atoms with Crippen molar-refractivity contribution >= 4 is 5.69 Å². The lowest BCUT2D eigenvalue weighted by molar-refractivity contribution is 0.243. The maximum Gasteiger partial charge on any atom is 0.214 e. The van der Waals surface area contributed by atoms with E-state index in [2.05, 4.69) is 4.98 Å². The number of hydrogen-bond acceptors (Lipinski definition) is 4.